The first-order valence-electron chi connectivity index (χ1n) is 6.86. The van der Waals surface area contributed by atoms with Gasteiger partial charge < -0.3 is 4.90 Å². The van der Waals surface area contributed by atoms with E-state index in [0.29, 0.717) is 17.0 Å². The summed E-state index contributed by atoms with van der Waals surface area (Å²) >= 11 is 5.96. The van der Waals surface area contributed by atoms with Crippen LogP contribution >= 0.6 is 11.6 Å². The molecule has 0 spiro atoms. The summed E-state index contributed by atoms with van der Waals surface area (Å²) in [6, 6.07) is 4.38. The second-order valence-electron chi connectivity index (χ2n) is 5.64. The van der Waals surface area contributed by atoms with Crippen molar-refractivity contribution in [3.8, 4) is 0 Å². The number of hydrogen-bond donors (Lipinski definition) is 0. The minimum atomic E-state index is 0.638. The topological polar surface area (TPSA) is 33.4 Å². The Morgan fingerprint density at radius 3 is 3.00 bits per heavy atom. The predicted octanol–water partition coefficient (Wildman–Crippen LogP) is 2.66. The van der Waals surface area contributed by atoms with Gasteiger partial charge in [0, 0.05) is 36.3 Å². The van der Waals surface area contributed by atoms with Crippen molar-refractivity contribution in [2.75, 3.05) is 13.1 Å². The number of likely N-dealkylation sites (tertiary alicyclic amines) is 1. The van der Waals surface area contributed by atoms with Crippen molar-refractivity contribution in [1.29, 1.82) is 0 Å². The summed E-state index contributed by atoms with van der Waals surface area (Å²) in [5, 5.41) is 9.20. The van der Waals surface area contributed by atoms with Gasteiger partial charge in [0.25, 0.3) is 0 Å². The summed E-state index contributed by atoms with van der Waals surface area (Å²) in [5.41, 5.74) is 0.834. The predicted molar refractivity (Wildman–Crippen MR) is 76.5 cm³/mol. The summed E-state index contributed by atoms with van der Waals surface area (Å²) < 4.78 is 2.05. The van der Waals surface area contributed by atoms with Crippen molar-refractivity contribution in [3.05, 3.63) is 29.2 Å². The SMILES string of the molecule is CC(C)N1CCC(Cc2nnc3cc(Cl)ccn23)C1. The Bertz CT molecular complexity index is 578. The van der Waals surface area contributed by atoms with E-state index in [1.807, 2.05) is 22.7 Å². The maximum atomic E-state index is 5.96. The summed E-state index contributed by atoms with van der Waals surface area (Å²) in [6.07, 6.45) is 4.20. The quantitative estimate of drug-likeness (QED) is 0.865. The standard InChI is InChI=1S/C14H19ClN4/c1-10(2)18-5-3-11(9-18)7-13-16-17-14-8-12(15)4-6-19(13)14/h4,6,8,10-11H,3,5,7,9H2,1-2H3. The van der Waals surface area contributed by atoms with Gasteiger partial charge in [0.1, 0.15) is 5.82 Å². The number of nitrogens with zero attached hydrogens (tertiary/aromatic N) is 4. The van der Waals surface area contributed by atoms with Gasteiger partial charge in [0.05, 0.1) is 0 Å². The zero-order chi connectivity index (χ0) is 13.4. The average molecular weight is 279 g/mol. The Kier molecular flexibility index (Phi) is 3.46. The van der Waals surface area contributed by atoms with E-state index in [2.05, 4.69) is 28.9 Å². The Hall–Kier alpha value is -1.13. The zero-order valence-corrected chi connectivity index (χ0v) is 12.1. The monoisotopic (exact) mass is 278 g/mol. The van der Waals surface area contributed by atoms with E-state index in [4.69, 9.17) is 11.6 Å². The van der Waals surface area contributed by atoms with Gasteiger partial charge in [-0.05, 0) is 38.8 Å². The van der Waals surface area contributed by atoms with Crippen molar-refractivity contribution in [1.82, 2.24) is 19.5 Å². The average Bonchev–Trinajstić information content (AvgIpc) is 2.97. The van der Waals surface area contributed by atoms with Crippen molar-refractivity contribution in [2.45, 2.75) is 32.7 Å². The largest absolute Gasteiger partial charge is 0.301 e. The minimum absolute atomic E-state index is 0.638. The van der Waals surface area contributed by atoms with Crippen LogP contribution in [0.15, 0.2) is 18.3 Å². The zero-order valence-electron chi connectivity index (χ0n) is 11.4. The number of fused-ring (bicyclic) bond motifs is 1. The van der Waals surface area contributed by atoms with Crippen molar-refractivity contribution < 1.29 is 0 Å². The van der Waals surface area contributed by atoms with Crippen LogP contribution in [0.5, 0.6) is 0 Å². The van der Waals surface area contributed by atoms with Crippen LogP contribution in [0.4, 0.5) is 0 Å². The number of hydrogen-bond acceptors (Lipinski definition) is 3. The third-order valence-corrected chi connectivity index (χ3v) is 4.20. The molecule has 1 aliphatic heterocycles. The van der Waals surface area contributed by atoms with E-state index >= 15 is 0 Å². The summed E-state index contributed by atoms with van der Waals surface area (Å²) in [4.78, 5) is 2.53. The van der Waals surface area contributed by atoms with E-state index in [1.165, 1.54) is 19.5 Å². The molecule has 4 nitrogen and oxygen atoms in total. The first-order valence-corrected chi connectivity index (χ1v) is 7.24. The molecule has 19 heavy (non-hydrogen) atoms. The minimum Gasteiger partial charge on any atom is -0.301 e. The molecule has 3 rings (SSSR count). The molecule has 1 fully saturated rings. The van der Waals surface area contributed by atoms with Gasteiger partial charge in [0.2, 0.25) is 0 Å². The van der Waals surface area contributed by atoms with Crippen LogP contribution in [0.2, 0.25) is 5.02 Å². The Balaban J connectivity index is 1.76. The highest BCUT2D eigenvalue weighted by Gasteiger charge is 2.25. The number of pyridine rings is 1. The lowest BCUT2D eigenvalue weighted by Crippen LogP contribution is -2.28. The maximum Gasteiger partial charge on any atom is 0.162 e. The second kappa shape index (κ2) is 5.10. The number of aromatic nitrogens is 3. The molecule has 0 amide bonds. The Morgan fingerprint density at radius 1 is 1.42 bits per heavy atom. The second-order valence-corrected chi connectivity index (χ2v) is 6.07. The van der Waals surface area contributed by atoms with Crippen LogP contribution in [0.1, 0.15) is 26.1 Å². The summed E-state index contributed by atoms with van der Waals surface area (Å²) in [7, 11) is 0. The Morgan fingerprint density at radius 2 is 2.26 bits per heavy atom. The third kappa shape index (κ3) is 2.60. The van der Waals surface area contributed by atoms with Crippen molar-refractivity contribution >= 4 is 17.2 Å². The number of halogens is 1. The van der Waals surface area contributed by atoms with E-state index in [1.54, 1.807) is 0 Å². The highest BCUT2D eigenvalue weighted by atomic mass is 35.5. The molecule has 5 heteroatoms. The van der Waals surface area contributed by atoms with Gasteiger partial charge in [-0.15, -0.1) is 10.2 Å². The first-order chi connectivity index (χ1) is 9.13. The third-order valence-electron chi connectivity index (χ3n) is 3.96. The fourth-order valence-electron chi connectivity index (χ4n) is 2.81. The molecule has 0 saturated carbocycles. The van der Waals surface area contributed by atoms with E-state index in [9.17, 15) is 0 Å². The molecule has 102 valence electrons. The molecule has 2 aromatic heterocycles. The summed E-state index contributed by atoms with van der Waals surface area (Å²) in [5.74, 6) is 1.73. The van der Waals surface area contributed by atoms with Crippen LogP contribution in [0.25, 0.3) is 5.65 Å². The maximum absolute atomic E-state index is 5.96. The molecule has 1 saturated heterocycles. The van der Waals surface area contributed by atoms with Gasteiger partial charge in [-0.1, -0.05) is 11.6 Å². The smallest absolute Gasteiger partial charge is 0.162 e. The van der Waals surface area contributed by atoms with Gasteiger partial charge in [-0.25, -0.2) is 0 Å². The van der Waals surface area contributed by atoms with E-state index in [-0.39, 0.29) is 0 Å². The fourth-order valence-corrected chi connectivity index (χ4v) is 2.97. The van der Waals surface area contributed by atoms with Crippen molar-refractivity contribution in [2.24, 2.45) is 5.92 Å². The normalized spacial score (nSPS) is 20.7. The lowest BCUT2D eigenvalue weighted by atomic mass is 10.0. The van der Waals surface area contributed by atoms with Gasteiger partial charge in [0.15, 0.2) is 5.65 Å². The summed E-state index contributed by atoms with van der Waals surface area (Å²) in [6.45, 7) is 6.89. The molecule has 0 radical (unpaired) electrons. The van der Waals surface area contributed by atoms with Crippen LogP contribution in [-0.2, 0) is 6.42 Å². The fraction of sp³-hybridized carbons (Fsp3) is 0.571. The molecule has 3 heterocycles. The van der Waals surface area contributed by atoms with Crippen LogP contribution < -0.4 is 0 Å². The lowest BCUT2D eigenvalue weighted by Gasteiger charge is -2.19. The van der Waals surface area contributed by atoms with Crippen LogP contribution in [-0.4, -0.2) is 38.6 Å². The highest BCUT2D eigenvalue weighted by Crippen LogP contribution is 2.22. The molecule has 2 aromatic rings. The highest BCUT2D eigenvalue weighted by molar-refractivity contribution is 6.30. The lowest BCUT2D eigenvalue weighted by molar-refractivity contribution is 0.264. The van der Waals surface area contributed by atoms with Gasteiger partial charge in [-0.2, -0.15) is 0 Å². The molecule has 1 aliphatic rings. The molecule has 0 aromatic carbocycles. The van der Waals surface area contributed by atoms with Crippen LogP contribution in [0, 0.1) is 5.92 Å². The van der Waals surface area contributed by atoms with E-state index < -0.39 is 0 Å². The molecule has 0 aliphatic carbocycles. The molecular weight excluding hydrogens is 260 g/mol. The molecule has 0 bridgehead atoms. The molecule has 1 atom stereocenters. The first kappa shape index (κ1) is 12.9. The van der Waals surface area contributed by atoms with Gasteiger partial charge >= 0.3 is 0 Å². The van der Waals surface area contributed by atoms with Crippen LogP contribution in [0.3, 0.4) is 0 Å². The van der Waals surface area contributed by atoms with E-state index in [0.717, 1.165) is 17.9 Å². The molecule has 0 N–H and O–H groups in total. The molecular formula is C14H19ClN4. The molecule has 1 unspecified atom stereocenters. The van der Waals surface area contributed by atoms with Gasteiger partial charge in [-0.3, -0.25) is 4.40 Å². The number of rotatable bonds is 3. The van der Waals surface area contributed by atoms with Crippen molar-refractivity contribution in [3.63, 3.8) is 0 Å². The Labute approximate surface area is 118 Å².